The molecule has 110 valence electrons. The zero-order valence-corrected chi connectivity index (χ0v) is 12.4. The zero-order chi connectivity index (χ0) is 13.3. The molecular weight excluding hydrogens is 300 g/mol. The van der Waals surface area contributed by atoms with Gasteiger partial charge in [-0.3, -0.25) is 0 Å². The Bertz CT molecular complexity index is 680. The maximum Gasteiger partial charge on any atom is 0.240 e. The average Bonchev–Trinajstić information content (AvgIpc) is 3.06. The van der Waals surface area contributed by atoms with Gasteiger partial charge in [0.2, 0.25) is 10.0 Å². The predicted octanol–water partition coefficient (Wildman–Crippen LogP) is 1.01. The van der Waals surface area contributed by atoms with E-state index in [1.807, 2.05) is 0 Å². The number of rotatable bonds is 4. The zero-order valence-electron chi connectivity index (χ0n) is 10.8. The van der Waals surface area contributed by atoms with Crippen molar-refractivity contribution >= 4 is 33.5 Å². The molecule has 3 N–H and O–H groups in total. The first-order valence-corrected chi connectivity index (χ1v) is 7.80. The minimum Gasteiger partial charge on any atom is -0.345 e. The molecule has 1 atom stereocenters. The van der Waals surface area contributed by atoms with Crippen molar-refractivity contribution in [3.8, 4) is 0 Å². The first kappa shape index (κ1) is 15.2. The molecular formula is C12H17ClN4O2S. The van der Waals surface area contributed by atoms with E-state index in [1.54, 1.807) is 24.5 Å². The smallest absolute Gasteiger partial charge is 0.240 e. The first-order valence-electron chi connectivity index (χ1n) is 6.31. The van der Waals surface area contributed by atoms with E-state index in [0.29, 0.717) is 6.54 Å². The molecule has 2 aromatic rings. The highest BCUT2D eigenvalue weighted by molar-refractivity contribution is 7.89. The lowest BCUT2D eigenvalue weighted by Gasteiger charge is -2.12. The van der Waals surface area contributed by atoms with Crippen LogP contribution in [0.1, 0.15) is 12.8 Å². The van der Waals surface area contributed by atoms with Gasteiger partial charge in [0.25, 0.3) is 0 Å². The third-order valence-corrected chi connectivity index (χ3v) is 4.81. The van der Waals surface area contributed by atoms with Gasteiger partial charge in [0.15, 0.2) is 0 Å². The van der Waals surface area contributed by atoms with E-state index in [1.165, 1.54) is 0 Å². The molecule has 0 radical (unpaired) electrons. The van der Waals surface area contributed by atoms with E-state index in [-0.39, 0.29) is 23.3 Å². The summed E-state index contributed by atoms with van der Waals surface area (Å²) in [6.07, 6.45) is 3.67. The number of hydrogen-bond acceptors (Lipinski definition) is 4. The van der Waals surface area contributed by atoms with Crippen molar-refractivity contribution in [2.75, 3.05) is 13.1 Å². The van der Waals surface area contributed by atoms with Gasteiger partial charge < -0.3 is 10.3 Å². The maximum absolute atomic E-state index is 12.2. The van der Waals surface area contributed by atoms with E-state index in [9.17, 15) is 8.42 Å². The Kier molecular flexibility index (Phi) is 4.64. The molecule has 1 aliphatic heterocycles. The second-order valence-corrected chi connectivity index (χ2v) is 6.49. The van der Waals surface area contributed by atoms with Crippen molar-refractivity contribution in [1.82, 2.24) is 20.0 Å². The van der Waals surface area contributed by atoms with Gasteiger partial charge in [-0.1, -0.05) is 0 Å². The summed E-state index contributed by atoms with van der Waals surface area (Å²) in [6, 6.07) is 5.12. The molecule has 8 heteroatoms. The van der Waals surface area contributed by atoms with Crippen LogP contribution in [0.3, 0.4) is 0 Å². The highest BCUT2D eigenvalue weighted by Crippen LogP contribution is 2.16. The summed E-state index contributed by atoms with van der Waals surface area (Å²) in [5.74, 6) is 0. The summed E-state index contributed by atoms with van der Waals surface area (Å²) in [6.45, 7) is 1.40. The van der Waals surface area contributed by atoms with Crippen LogP contribution in [0.2, 0.25) is 0 Å². The van der Waals surface area contributed by atoms with Gasteiger partial charge in [-0.15, -0.1) is 12.4 Å². The van der Waals surface area contributed by atoms with Gasteiger partial charge in [-0.2, -0.15) is 0 Å². The Morgan fingerprint density at radius 1 is 1.40 bits per heavy atom. The Labute approximate surface area is 123 Å². The number of imidazole rings is 1. The lowest BCUT2D eigenvalue weighted by molar-refractivity contribution is 0.552. The number of nitrogens with one attached hydrogen (secondary N) is 3. The second-order valence-electron chi connectivity index (χ2n) is 4.73. The molecule has 1 aromatic heterocycles. The van der Waals surface area contributed by atoms with Crippen molar-refractivity contribution in [3.63, 3.8) is 0 Å². The standard InChI is InChI=1S/C12H16N4O2S.ClH/c17-19(18,16-7-9-2-1-5-13-9)10-3-4-11-12(6-10)15-8-14-11;/h3-4,6,8-9,13,16H,1-2,5,7H2,(H,14,15);1H/t9-;/m0./s1. The summed E-state index contributed by atoms with van der Waals surface area (Å²) >= 11 is 0. The van der Waals surface area contributed by atoms with Crippen LogP contribution < -0.4 is 10.0 Å². The summed E-state index contributed by atoms with van der Waals surface area (Å²) in [5, 5.41) is 3.26. The monoisotopic (exact) mass is 316 g/mol. The van der Waals surface area contributed by atoms with E-state index in [0.717, 1.165) is 30.4 Å². The number of hydrogen-bond donors (Lipinski definition) is 3. The molecule has 1 saturated heterocycles. The summed E-state index contributed by atoms with van der Waals surface area (Å²) in [5.41, 5.74) is 1.48. The van der Waals surface area contributed by atoms with Crippen LogP contribution in [-0.4, -0.2) is 37.5 Å². The number of aromatic nitrogens is 2. The molecule has 3 rings (SSSR count). The van der Waals surface area contributed by atoms with Gasteiger partial charge in [-0.05, 0) is 37.6 Å². The quantitative estimate of drug-likeness (QED) is 0.786. The Hall–Kier alpha value is -1.15. The molecule has 0 amide bonds. The maximum atomic E-state index is 12.2. The van der Waals surface area contributed by atoms with Crippen LogP contribution in [0.25, 0.3) is 11.0 Å². The number of aromatic amines is 1. The normalized spacial score (nSPS) is 19.1. The minimum atomic E-state index is -3.45. The first-order chi connectivity index (χ1) is 9.15. The van der Waals surface area contributed by atoms with Crippen molar-refractivity contribution in [2.45, 2.75) is 23.8 Å². The largest absolute Gasteiger partial charge is 0.345 e. The molecule has 0 bridgehead atoms. The highest BCUT2D eigenvalue weighted by Gasteiger charge is 2.19. The molecule has 0 aliphatic carbocycles. The third-order valence-electron chi connectivity index (χ3n) is 3.38. The van der Waals surface area contributed by atoms with Gasteiger partial charge in [0, 0.05) is 12.6 Å². The van der Waals surface area contributed by atoms with E-state index in [2.05, 4.69) is 20.0 Å². The van der Waals surface area contributed by atoms with Crippen LogP contribution in [0, 0.1) is 0 Å². The van der Waals surface area contributed by atoms with E-state index < -0.39 is 10.0 Å². The molecule has 6 nitrogen and oxygen atoms in total. The number of nitrogens with zero attached hydrogens (tertiary/aromatic N) is 1. The van der Waals surface area contributed by atoms with Crippen molar-refractivity contribution in [3.05, 3.63) is 24.5 Å². The Morgan fingerprint density at radius 3 is 3.00 bits per heavy atom. The highest BCUT2D eigenvalue weighted by atomic mass is 35.5. The fourth-order valence-corrected chi connectivity index (χ4v) is 3.41. The number of benzene rings is 1. The SMILES string of the molecule is Cl.O=S(=O)(NC[C@@H]1CCCN1)c1ccc2nc[nH]c2c1. The van der Waals surface area contributed by atoms with Gasteiger partial charge >= 0.3 is 0 Å². The van der Waals surface area contributed by atoms with Crippen molar-refractivity contribution in [1.29, 1.82) is 0 Å². The van der Waals surface area contributed by atoms with E-state index in [4.69, 9.17) is 0 Å². The van der Waals surface area contributed by atoms with Gasteiger partial charge in [0.1, 0.15) is 0 Å². The number of halogens is 1. The molecule has 0 unspecified atom stereocenters. The second kappa shape index (κ2) is 6.09. The Morgan fingerprint density at radius 2 is 2.25 bits per heavy atom. The van der Waals surface area contributed by atoms with E-state index >= 15 is 0 Å². The predicted molar refractivity (Wildman–Crippen MR) is 79.6 cm³/mol. The van der Waals surface area contributed by atoms with Crippen LogP contribution >= 0.6 is 12.4 Å². The molecule has 1 aliphatic rings. The third kappa shape index (κ3) is 3.12. The lowest BCUT2D eigenvalue weighted by Crippen LogP contribution is -2.37. The van der Waals surface area contributed by atoms with Crippen molar-refractivity contribution < 1.29 is 8.42 Å². The lowest BCUT2D eigenvalue weighted by atomic mass is 10.2. The summed E-state index contributed by atoms with van der Waals surface area (Å²) in [7, 11) is -3.45. The topological polar surface area (TPSA) is 86.9 Å². The van der Waals surface area contributed by atoms with Crippen LogP contribution in [-0.2, 0) is 10.0 Å². The minimum absolute atomic E-state index is 0. The fourth-order valence-electron chi connectivity index (χ4n) is 2.31. The number of H-pyrrole nitrogens is 1. The summed E-state index contributed by atoms with van der Waals surface area (Å²) in [4.78, 5) is 7.25. The van der Waals surface area contributed by atoms with Crippen LogP contribution in [0.15, 0.2) is 29.4 Å². The van der Waals surface area contributed by atoms with Crippen LogP contribution in [0.4, 0.5) is 0 Å². The molecule has 0 saturated carbocycles. The van der Waals surface area contributed by atoms with Crippen molar-refractivity contribution in [2.24, 2.45) is 0 Å². The molecule has 2 heterocycles. The molecule has 1 aromatic carbocycles. The fraction of sp³-hybridized carbons (Fsp3) is 0.417. The van der Waals surface area contributed by atoms with Gasteiger partial charge in [-0.25, -0.2) is 18.1 Å². The van der Waals surface area contributed by atoms with Crippen LogP contribution in [0.5, 0.6) is 0 Å². The average molecular weight is 317 g/mol. The molecule has 20 heavy (non-hydrogen) atoms. The van der Waals surface area contributed by atoms with Gasteiger partial charge in [0.05, 0.1) is 22.3 Å². The number of sulfonamides is 1. The number of fused-ring (bicyclic) bond motifs is 1. The molecule has 1 fully saturated rings. The summed E-state index contributed by atoms with van der Waals surface area (Å²) < 4.78 is 27.0. The Balaban J connectivity index is 0.00000147. The molecule has 0 spiro atoms.